The Hall–Kier alpha value is -1.48. The van der Waals surface area contributed by atoms with Crippen LogP contribution < -0.4 is 0 Å². The number of hydrogen-bond acceptors (Lipinski definition) is 5. The van der Waals surface area contributed by atoms with Crippen molar-refractivity contribution in [1.29, 1.82) is 0 Å². The second kappa shape index (κ2) is 7.03. The Bertz CT molecular complexity index is 755. The Morgan fingerprint density at radius 2 is 1.80 bits per heavy atom. The minimum Gasteiger partial charge on any atom is -0.384 e. The molecule has 1 aromatic rings. The number of aliphatic hydroxyl groups excluding tert-OH is 1. The average Bonchev–Trinajstić information content (AvgIpc) is 2.60. The highest BCUT2D eigenvalue weighted by molar-refractivity contribution is 7.89. The largest absolute Gasteiger partial charge is 0.384 e. The lowest BCUT2D eigenvalue weighted by Gasteiger charge is -2.32. The van der Waals surface area contributed by atoms with Gasteiger partial charge in [0, 0.05) is 39.3 Å². The van der Waals surface area contributed by atoms with Crippen LogP contribution in [0.3, 0.4) is 0 Å². The number of carbonyl (C=O) groups excluding carboxylic acids is 1. The fraction of sp³-hybridized carbons (Fsp3) is 0.588. The summed E-state index contributed by atoms with van der Waals surface area (Å²) in [5.41, 5.74) is 1.91. The van der Waals surface area contributed by atoms with E-state index in [0.29, 0.717) is 37.5 Å². The lowest BCUT2D eigenvalue weighted by Crippen LogP contribution is -2.47. The average molecular weight is 367 g/mol. The topological polar surface area (TPSA) is 81.2 Å². The molecule has 1 aromatic carbocycles. The van der Waals surface area contributed by atoms with Gasteiger partial charge in [-0.3, -0.25) is 4.79 Å². The van der Waals surface area contributed by atoms with Gasteiger partial charge in [-0.05, 0) is 43.7 Å². The van der Waals surface area contributed by atoms with Gasteiger partial charge in [0.05, 0.1) is 4.90 Å². The molecule has 1 fully saturated rings. The molecule has 1 atom stereocenters. The highest BCUT2D eigenvalue weighted by Crippen LogP contribution is 2.25. The third-order valence-corrected chi connectivity index (χ3v) is 6.85. The summed E-state index contributed by atoms with van der Waals surface area (Å²) < 4.78 is 27.2. The summed E-state index contributed by atoms with van der Waals surface area (Å²) >= 11 is 0. The number of rotatable bonds is 3. The fourth-order valence-corrected chi connectivity index (χ4v) is 4.79. The quantitative estimate of drug-likeness (QED) is 0.806. The third kappa shape index (κ3) is 3.72. The van der Waals surface area contributed by atoms with E-state index in [9.17, 15) is 18.3 Å². The van der Waals surface area contributed by atoms with Crippen molar-refractivity contribution in [3.05, 3.63) is 29.3 Å². The summed E-state index contributed by atoms with van der Waals surface area (Å²) in [4.78, 5) is 16.0. The zero-order chi connectivity index (χ0) is 18.2. The zero-order valence-corrected chi connectivity index (χ0v) is 15.5. The van der Waals surface area contributed by atoms with E-state index in [2.05, 4.69) is 4.90 Å². The number of hydrogen-bond donors (Lipinski definition) is 1. The Labute approximate surface area is 148 Å². The van der Waals surface area contributed by atoms with Gasteiger partial charge in [0.25, 0.3) is 5.91 Å². The first-order valence-corrected chi connectivity index (χ1v) is 10.0. The van der Waals surface area contributed by atoms with E-state index >= 15 is 0 Å². The fourth-order valence-electron chi connectivity index (χ4n) is 3.32. The zero-order valence-electron chi connectivity index (χ0n) is 14.7. The van der Waals surface area contributed by atoms with E-state index in [1.54, 1.807) is 27.4 Å². The van der Waals surface area contributed by atoms with Gasteiger partial charge >= 0.3 is 0 Å². The van der Waals surface area contributed by atoms with Crippen LogP contribution in [0.25, 0.3) is 0 Å². The molecule has 25 heavy (non-hydrogen) atoms. The number of benzene rings is 1. The molecule has 0 spiro atoms. The molecule has 1 N–H and O–H groups in total. The van der Waals surface area contributed by atoms with Crippen molar-refractivity contribution in [2.24, 2.45) is 0 Å². The predicted molar refractivity (Wildman–Crippen MR) is 93.5 cm³/mol. The first-order valence-electron chi connectivity index (χ1n) is 8.56. The van der Waals surface area contributed by atoms with Crippen molar-refractivity contribution >= 4 is 15.9 Å². The van der Waals surface area contributed by atoms with Gasteiger partial charge in [0.15, 0.2) is 0 Å². The monoisotopic (exact) mass is 367 g/mol. The number of nitrogens with zero attached hydrogens (tertiary/aromatic N) is 3. The van der Waals surface area contributed by atoms with Crippen LogP contribution in [0.15, 0.2) is 23.1 Å². The molecule has 3 rings (SSSR count). The first kappa shape index (κ1) is 18.3. The maximum atomic E-state index is 12.9. The molecule has 0 saturated carbocycles. The molecule has 8 heteroatoms. The molecule has 2 aliphatic heterocycles. The van der Waals surface area contributed by atoms with E-state index in [4.69, 9.17) is 0 Å². The number of carbonyl (C=O) groups is 1. The van der Waals surface area contributed by atoms with Crippen molar-refractivity contribution in [2.45, 2.75) is 30.9 Å². The lowest BCUT2D eigenvalue weighted by atomic mass is 9.99. The minimum absolute atomic E-state index is 0.292. The van der Waals surface area contributed by atoms with Gasteiger partial charge in [0.1, 0.15) is 6.10 Å². The van der Waals surface area contributed by atoms with Crippen LogP contribution in [0, 0.1) is 0 Å². The Morgan fingerprint density at radius 3 is 2.44 bits per heavy atom. The second-order valence-electron chi connectivity index (χ2n) is 6.82. The number of likely N-dealkylation sites (N-methyl/N-ethyl adjacent to an activating group) is 1. The van der Waals surface area contributed by atoms with Crippen LogP contribution in [0.2, 0.25) is 0 Å². The summed E-state index contributed by atoms with van der Waals surface area (Å²) in [5, 5.41) is 9.46. The number of piperazine rings is 1. The van der Waals surface area contributed by atoms with Gasteiger partial charge in [0.2, 0.25) is 10.0 Å². The van der Waals surface area contributed by atoms with E-state index in [-0.39, 0.29) is 5.91 Å². The van der Waals surface area contributed by atoms with Gasteiger partial charge < -0.3 is 14.9 Å². The molecule has 7 nitrogen and oxygen atoms in total. The summed E-state index contributed by atoms with van der Waals surface area (Å²) in [6.07, 6.45) is -0.418. The maximum Gasteiger partial charge on any atom is 0.251 e. The molecule has 0 aromatic heterocycles. The van der Waals surface area contributed by atoms with Crippen LogP contribution in [0.1, 0.15) is 18.1 Å². The van der Waals surface area contributed by atoms with Crippen LogP contribution in [0.5, 0.6) is 0 Å². The van der Waals surface area contributed by atoms with E-state index < -0.39 is 16.1 Å². The van der Waals surface area contributed by atoms with Crippen molar-refractivity contribution in [1.82, 2.24) is 14.1 Å². The molecule has 1 saturated heterocycles. The maximum absolute atomic E-state index is 12.9. The molecule has 2 aliphatic rings. The third-order valence-electron chi connectivity index (χ3n) is 4.96. The SMILES string of the molecule is C[C@@H](O)C(=O)N1CCc2cc(S(=O)(=O)N3CCN(C)CC3)ccc2C1. The number of amides is 1. The number of aliphatic hydroxyl groups is 1. The molecule has 0 unspecified atom stereocenters. The van der Waals surface area contributed by atoms with Crippen LogP contribution in [-0.4, -0.2) is 79.4 Å². The van der Waals surface area contributed by atoms with E-state index in [1.807, 2.05) is 7.05 Å². The molecular weight excluding hydrogens is 342 g/mol. The molecular formula is C17H25N3O4S. The van der Waals surface area contributed by atoms with Crippen molar-refractivity contribution < 1.29 is 18.3 Å². The van der Waals surface area contributed by atoms with Crippen LogP contribution in [-0.2, 0) is 27.8 Å². The normalized spacial score (nSPS) is 21.0. The Morgan fingerprint density at radius 1 is 1.12 bits per heavy atom. The summed E-state index contributed by atoms with van der Waals surface area (Å²) in [6.45, 7) is 4.85. The smallest absolute Gasteiger partial charge is 0.251 e. The molecule has 138 valence electrons. The van der Waals surface area contributed by atoms with Crippen LogP contribution in [0.4, 0.5) is 0 Å². The van der Waals surface area contributed by atoms with Crippen molar-refractivity contribution in [3.8, 4) is 0 Å². The standard InChI is InChI=1S/C17H25N3O4S/c1-13(21)17(22)19-6-5-14-11-16(4-3-15(14)12-19)25(23,24)20-9-7-18(2)8-10-20/h3-4,11,13,21H,5-10,12H2,1-2H3/t13-/m1/s1. The second-order valence-corrected chi connectivity index (χ2v) is 8.76. The molecule has 1 amide bonds. The summed E-state index contributed by atoms with van der Waals surface area (Å²) in [7, 11) is -1.49. The van der Waals surface area contributed by atoms with Gasteiger partial charge in [-0.15, -0.1) is 0 Å². The van der Waals surface area contributed by atoms with Gasteiger partial charge in [-0.1, -0.05) is 6.07 Å². The van der Waals surface area contributed by atoms with Gasteiger partial charge in [-0.2, -0.15) is 4.31 Å². The highest BCUT2D eigenvalue weighted by Gasteiger charge is 2.29. The Kier molecular flexibility index (Phi) is 5.15. The number of sulfonamides is 1. The van der Waals surface area contributed by atoms with E-state index in [0.717, 1.165) is 24.2 Å². The number of fused-ring (bicyclic) bond motifs is 1. The first-order chi connectivity index (χ1) is 11.8. The summed E-state index contributed by atoms with van der Waals surface area (Å²) in [6, 6.07) is 5.16. The molecule has 0 bridgehead atoms. The lowest BCUT2D eigenvalue weighted by molar-refractivity contribution is -0.140. The molecule has 0 aliphatic carbocycles. The highest BCUT2D eigenvalue weighted by atomic mass is 32.2. The van der Waals surface area contributed by atoms with Gasteiger partial charge in [-0.25, -0.2) is 8.42 Å². The molecule has 0 radical (unpaired) electrons. The van der Waals surface area contributed by atoms with Crippen molar-refractivity contribution in [3.63, 3.8) is 0 Å². The van der Waals surface area contributed by atoms with Crippen LogP contribution >= 0.6 is 0 Å². The molecule has 2 heterocycles. The minimum atomic E-state index is -3.48. The van der Waals surface area contributed by atoms with Crippen molar-refractivity contribution in [2.75, 3.05) is 39.8 Å². The summed E-state index contributed by atoms with van der Waals surface area (Å²) in [5.74, 6) is -0.292. The predicted octanol–water partition coefficient (Wildman–Crippen LogP) is -0.112. The Balaban J connectivity index is 1.79. The van der Waals surface area contributed by atoms with E-state index in [1.165, 1.54) is 6.92 Å².